The third-order valence-electron chi connectivity index (χ3n) is 3.25. The lowest BCUT2D eigenvalue weighted by Gasteiger charge is -2.15. The summed E-state index contributed by atoms with van der Waals surface area (Å²) in [6.07, 6.45) is 0. The highest BCUT2D eigenvalue weighted by molar-refractivity contribution is 7.09. The van der Waals surface area contributed by atoms with Crippen molar-refractivity contribution >= 4 is 35.3 Å². The van der Waals surface area contributed by atoms with Gasteiger partial charge in [0.15, 0.2) is 0 Å². The van der Waals surface area contributed by atoms with Gasteiger partial charge in [0.25, 0.3) is 0 Å². The summed E-state index contributed by atoms with van der Waals surface area (Å²) in [6.45, 7) is 5.64. The summed E-state index contributed by atoms with van der Waals surface area (Å²) in [5.74, 6) is -0.285. The topological polar surface area (TPSA) is 68.0 Å². The number of nitrogens with zero attached hydrogens (tertiary/aromatic N) is 1. The number of nitrogens with two attached hydrogens (primary N) is 1. The summed E-state index contributed by atoms with van der Waals surface area (Å²) in [6, 6.07) is 7.53. The minimum Gasteiger partial charge on any atom is -0.327 e. The van der Waals surface area contributed by atoms with Crippen LogP contribution in [0.2, 0.25) is 0 Å². The number of hydrogen-bond acceptors (Lipinski definition) is 4. The SMILES string of the molecule is Cc1nc(-c2cccc(NC(=O)C(C)C(C)N)c2)cs1.Cl. The molecule has 0 saturated carbocycles. The summed E-state index contributed by atoms with van der Waals surface area (Å²) < 4.78 is 0. The number of thiazole rings is 1. The highest BCUT2D eigenvalue weighted by atomic mass is 35.5. The Hall–Kier alpha value is -1.43. The molecule has 2 aromatic rings. The number of nitrogens with one attached hydrogen (secondary N) is 1. The fourth-order valence-electron chi connectivity index (χ4n) is 1.75. The number of rotatable bonds is 4. The van der Waals surface area contributed by atoms with Crippen LogP contribution < -0.4 is 11.1 Å². The molecule has 0 aliphatic rings. The second kappa shape index (κ2) is 7.54. The van der Waals surface area contributed by atoms with Gasteiger partial charge in [-0.3, -0.25) is 4.79 Å². The number of aryl methyl sites for hydroxylation is 1. The number of hydrogen-bond donors (Lipinski definition) is 2. The van der Waals surface area contributed by atoms with Crippen LogP contribution in [0.15, 0.2) is 29.6 Å². The van der Waals surface area contributed by atoms with Crippen molar-refractivity contribution in [3.63, 3.8) is 0 Å². The minimum absolute atomic E-state index is 0. The van der Waals surface area contributed by atoms with Crippen molar-refractivity contribution in [2.45, 2.75) is 26.8 Å². The molecule has 114 valence electrons. The molecular formula is C15H20ClN3OS. The molecule has 0 fully saturated rings. The van der Waals surface area contributed by atoms with Crippen molar-refractivity contribution in [2.75, 3.05) is 5.32 Å². The van der Waals surface area contributed by atoms with Crippen LogP contribution in [0.25, 0.3) is 11.3 Å². The molecule has 4 nitrogen and oxygen atoms in total. The van der Waals surface area contributed by atoms with Crippen molar-refractivity contribution in [1.82, 2.24) is 4.98 Å². The largest absolute Gasteiger partial charge is 0.327 e. The summed E-state index contributed by atoms with van der Waals surface area (Å²) in [5.41, 5.74) is 8.45. The fourth-order valence-corrected chi connectivity index (χ4v) is 2.37. The molecule has 0 aliphatic heterocycles. The van der Waals surface area contributed by atoms with E-state index in [4.69, 9.17) is 5.73 Å². The van der Waals surface area contributed by atoms with Crippen LogP contribution in [0.3, 0.4) is 0 Å². The molecular weight excluding hydrogens is 306 g/mol. The van der Waals surface area contributed by atoms with Gasteiger partial charge in [0.2, 0.25) is 5.91 Å². The highest BCUT2D eigenvalue weighted by Crippen LogP contribution is 2.24. The van der Waals surface area contributed by atoms with Gasteiger partial charge in [0.05, 0.1) is 16.6 Å². The molecule has 1 heterocycles. The Bertz CT molecular complexity index is 612. The molecule has 2 rings (SSSR count). The van der Waals surface area contributed by atoms with Gasteiger partial charge < -0.3 is 11.1 Å². The lowest BCUT2D eigenvalue weighted by Crippen LogP contribution is -2.34. The normalized spacial score (nSPS) is 13.1. The Labute approximate surface area is 135 Å². The summed E-state index contributed by atoms with van der Waals surface area (Å²) >= 11 is 1.61. The van der Waals surface area contributed by atoms with Crippen LogP contribution in [-0.2, 0) is 4.79 Å². The Balaban J connectivity index is 0.00000220. The fraction of sp³-hybridized carbons (Fsp3) is 0.333. The molecule has 0 saturated heterocycles. The van der Waals surface area contributed by atoms with Crippen LogP contribution in [0, 0.1) is 12.8 Å². The molecule has 0 spiro atoms. The number of benzene rings is 1. The Morgan fingerprint density at radius 1 is 1.38 bits per heavy atom. The van der Waals surface area contributed by atoms with E-state index in [0.717, 1.165) is 22.0 Å². The van der Waals surface area contributed by atoms with Gasteiger partial charge in [-0.05, 0) is 26.0 Å². The smallest absolute Gasteiger partial charge is 0.228 e. The summed E-state index contributed by atoms with van der Waals surface area (Å²) in [7, 11) is 0. The van der Waals surface area contributed by atoms with Gasteiger partial charge in [-0.2, -0.15) is 0 Å². The van der Waals surface area contributed by atoms with Crippen LogP contribution >= 0.6 is 23.7 Å². The first-order chi connectivity index (χ1) is 9.47. The summed E-state index contributed by atoms with van der Waals surface area (Å²) in [5, 5.41) is 5.94. The zero-order valence-electron chi connectivity index (χ0n) is 12.3. The average Bonchev–Trinajstić information content (AvgIpc) is 2.84. The van der Waals surface area contributed by atoms with Crippen molar-refractivity contribution in [2.24, 2.45) is 11.7 Å². The number of carbonyl (C=O) groups is 1. The highest BCUT2D eigenvalue weighted by Gasteiger charge is 2.17. The van der Waals surface area contributed by atoms with Gasteiger partial charge in [0.1, 0.15) is 0 Å². The molecule has 6 heteroatoms. The van der Waals surface area contributed by atoms with E-state index < -0.39 is 0 Å². The van der Waals surface area contributed by atoms with Crippen molar-refractivity contribution < 1.29 is 4.79 Å². The number of halogens is 1. The first kappa shape index (κ1) is 17.6. The van der Waals surface area contributed by atoms with E-state index in [-0.39, 0.29) is 30.3 Å². The molecule has 1 aromatic heterocycles. The number of anilines is 1. The second-order valence-electron chi connectivity index (χ2n) is 4.97. The zero-order chi connectivity index (χ0) is 14.7. The molecule has 0 aliphatic carbocycles. The van der Waals surface area contributed by atoms with Gasteiger partial charge >= 0.3 is 0 Å². The van der Waals surface area contributed by atoms with E-state index in [1.165, 1.54) is 0 Å². The van der Waals surface area contributed by atoms with Gasteiger partial charge in [-0.15, -0.1) is 23.7 Å². The van der Waals surface area contributed by atoms with E-state index in [2.05, 4.69) is 10.3 Å². The third-order valence-corrected chi connectivity index (χ3v) is 4.02. The quantitative estimate of drug-likeness (QED) is 0.904. The van der Waals surface area contributed by atoms with E-state index >= 15 is 0 Å². The Morgan fingerprint density at radius 3 is 2.67 bits per heavy atom. The number of amides is 1. The molecule has 1 aromatic carbocycles. The molecule has 0 radical (unpaired) electrons. The lowest BCUT2D eigenvalue weighted by molar-refractivity contribution is -0.119. The maximum Gasteiger partial charge on any atom is 0.228 e. The van der Waals surface area contributed by atoms with Gasteiger partial charge in [-0.25, -0.2) is 4.98 Å². The standard InChI is InChI=1S/C15H19N3OS.ClH/c1-9(10(2)16)15(19)18-13-6-4-5-12(7-13)14-8-20-11(3)17-14;/h4-10H,16H2,1-3H3,(H,18,19);1H. The first-order valence-corrected chi connectivity index (χ1v) is 7.44. The summed E-state index contributed by atoms with van der Waals surface area (Å²) in [4.78, 5) is 16.5. The number of carbonyl (C=O) groups excluding carboxylic acids is 1. The minimum atomic E-state index is -0.222. The lowest BCUT2D eigenvalue weighted by atomic mass is 10.0. The van der Waals surface area contributed by atoms with E-state index in [1.54, 1.807) is 11.3 Å². The Morgan fingerprint density at radius 2 is 2.10 bits per heavy atom. The molecule has 1 amide bonds. The predicted octanol–water partition coefficient (Wildman–Crippen LogP) is 3.46. The third kappa shape index (κ3) is 4.52. The first-order valence-electron chi connectivity index (χ1n) is 6.56. The van der Waals surface area contributed by atoms with Gasteiger partial charge in [-0.1, -0.05) is 19.1 Å². The molecule has 2 atom stereocenters. The van der Waals surface area contributed by atoms with Crippen LogP contribution in [-0.4, -0.2) is 16.9 Å². The monoisotopic (exact) mass is 325 g/mol. The second-order valence-corrected chi connectivity index (χ2v) is 6.03. The Kier molecular flexibility index (Phi) is 6.33. The molecule has 3 N–H and O–H groups in total. The maximum absolute atomic E-state index is 12.0. The zero-order valence-corrected chi connectivity index (χ0v) is 13.9. The van der Waals surface area contributed by atoms with Crippen LogP contribution in [0.1, 0.15) is 18.9 Å². The molecule has 0 bridgehead atoms. The van der Waals surface area contributed by atoms with E-state index in [0.29, 0.717) is 0 Å². The van der Waals surface area contributed by atoms with Crippen molar-refractivity contribution in [1.29, 1.82) is 0 Å². The van der Waals surface area contributed by atoms with Crippen LogP contribution in [0.5, 0.6) is 0 Å². The molecule has 21 heavy (non-hydrogen) atoms. The average molecular weight is 326 g/mol. The van der Waals surface area contributed by atoms with Crippen LogP contribution in [0.4, 0.5) is 5.69 Å². The van der Waals surface area contributed by atoms with E-state index in [1.807, 2.05) is 50.4 Å². The van der Waals surface area contributed by atoms with E-state index in [9.17, 15) is 4.79 Å². The maximum atomic E-state index is 12.0. The predicted molar refractivity (Wildman–Crippen MR) is 91.0 cm³/mol. The number of aromatic nitrogens is 1. The van der Waals surface area contributed by atoms with Crippen molar-refractivity contribution in [3.05, 3.63) is 34.7 Å². The van der Waals surface area contributed by atoms with Gasteiger partial charge in [0, 0.05) is 22.7 Å². The molecule has 2 unspecified atom stereocenters. The van der Waals surface area contributed by atoms with Crippen molar-refractivity contribution in [3.8, 4) is 11.3 Å².